The van der Waals surface area contributed by atoms with Crippen LogP contribution in [0.4, 0.5) is 13.2 Å². The van der Waals surface area contributed by atoms with E-state index in [0.29, 0.717) is 17.0 Å². The molecule has 0 bridgehead atoms. The van der Waals surface area contributed by atoms with E-state index in [9.17, 15) is 18.0 Å². The van der Waals surface area contributed by atoms with Crippen LogP contribution >= 0.6 is 0 Å². The number of hydrogen-bond donors (Lipinski definition) is 2. The van der Waals surface area contributed by atoms with Crippen LogP contribution < -0.4 is 11.1 Å². The van der Waals surface area contributed by atoms with Crippen molar-refractivity contribution in [3.8, 4) is 0 Å². The minimum Gasteiger partial charge on any atom is -0.348 e. The van der Waals surface area contributed by atoms with E-state index in [4.69, 9.17) is 5.73 Å². The average molecular weight is 292 g/mol. The van der Waals surface area contributed by atoms with Gasteiger partial charge in [-0.1, -0.05) is 0 Å². The summed E-state index contributed by atoms with van der Waals surface area (Å²) >= 11 is 0. The summed E-state index contributed by atoms with van der Waals surface area (Å²) in [4.78, 5) is 11.5. The molecule has 0 saturated carbocycles. The van der Waals surface area contributed by atoms with Crippen LogP contribution in [0.25, 0.3) is 0 Å². The molecule has 1 aromatic heterocycles. The van der Waals surface area contributed by atoms with Crippen molar-refractivity contribution in [2.75, 3.05) is 0 Å². The van der Waals surface area contributed by atoms with Gasteiger partial charge in [0, 0.05) is 11.3 Å². The number of rotatable bonds is 4. The Morgan fingerprint density at radius 1 is 1.40 bits per heavy atom. The van der Waals surface area contributed by atoms with Gasteiger partial charge in [0.2, 0.25) is 5.91 Å². The molecule has 0 aliphatic carbocycles. The van der Waals surface area contributed by atoms with Crippen molar-refractivity contribution in [3.63, 3.8) is 0 Å². The second kappa shape index (κ2) is 5.82. The van der Waals surface area contributed by atoms with Gasteiger partial charge in [0.25, 0.3) is 0 Å². The number of amides is 1. The molecule has 0 radical (unpaired) electrons. The highest BCUT2D eigenvalue weighted by Gasteiger charge is 2.31. The highest BCUT2D eigenvalue weighted by Crippen LogP contribution is 2.24. The van der Waals surface area contributed by atoms with Gasteiger partial charge in [0.1, 0.15) is 6.54 Å². The first kappa shape index (κ1) is 16.5. The minimum atomic E-state index is -4.33. The van der Waals surface area contributed by atoms with Crippen LogP contribution in [-0.2, 0) is 11.3 Å². The molecule has 0 saturated heterocycles. The van der Waals surface area contributed by atoms with Gasteiger partial charge in [0.05, 0.1) is 17.8 Å². The molecule has 0 aliphatic rings. The van der Waals surface area contributed by atoms with Crippen molar-refractivity contribution in [1.29, 1.82) is 0 Å². The molecule has 20 heavy (non-hydrogen) atoms. The molecule has 5 nitrogen and oxygen atoms in total. The topological polar surface area (TPSA) is 72.9 Å². The molecule has 2 atom stereocenters. The number of alkyl halides is 3. The lowest BCUT2D eigenvalue weighted by Crippen LogP contribution is -2.39. The van der Waals surface area contributed by atoms with Gasteiger partial charge in [0.15, 0.2) is 0 Å². The monoisotopic (exact) mass is 292 g/mol. The maximum atomic E-state index is 12.4. The Hall–Kier alpha value is -1.57. The van der Waals surface area contributed by atoms with E-state index in [2.05, 4.69) is 10.4 Å². The van der Waals surface area contributed by atoms with Crippen LogP contribution in [0.15, 0.2) is 0 Å². The van der Waals surface area contributed by atoms with Crippen molar-refractivity contribution >= 4 is 5.91 Å². The second-order valence-electron chi connectivity index (χ2n) is 4.88. The maximum absolute atomic E-state index is 12.4. The molecule has 1 aromatic rings. The van der Waals surface area contributed by atoms with E-state index >= 15 is 0 Å². The van der Waals surface area contributed by atoms with E-state index in [1.807, 2.05) is 0 Å². The number of carbonyl (C=O) groups is 1. The number of aryl methyl sites for hydroxylation is 1. The first-order valence-corrected chi connectivity index (χ1v) is 6.19. The van der Waals surface area contributed by atoms with Crippen molar-refractivity contribution in [2.45, 2.75) is 52.5 Å². The Morgan fingerprint density at radius 3 is 2.40 bits per heavy atom. The van der Waals surface area contributed by atoms with Crippen LogP contribution in [0.1, 0.15) is 36.8 Å². The molecule has 1 amide bonds. The fraction of sp³-hybridized carbons (Fsp3) is 0.667. The van der Waals surface area contributed by atoms with Gasteiger partial charge >= 0.3 is 6.18 Å². The Morgan fingerprint density at radius 2 is 1.95 bits per heavy atom. The molecule has 0 aromatic carbocycles. The zero-order valence-electron chi connectivity index (χ0n) is 11.9. The summed E-state index contributed by atoms with van der Waals surface area (Å²) in [7, 11) is 0. The molecule has 114 valence electrons. The van der Waals surface area contributed by atoms with Gasteiger partial charge < -0.3 is 11.1 Å². The van der Waals surface area contributed by atoms with Gasteiger partial charge in [-0.15, -0.1) is 0 Å². The number of nitrogens with one attached hydrogen (secondary N) is 1. The summed E-state index contributed by atoms with van der Waals surface area (Å²) in [6.07, 6.45) is -4.33. The highest BCUT2D eigenvalue weighted by molar-refractivity contribution is 5.81. The molecular formula is C12H19F3N4O. The summed E-state index contributed by atoms with van der Waals surface area (Å²) in [5.74, 6) is -0.361. The van der Waals surface area contributed by atoms with E-state index in [-0.39, 0.29) is 5.91 Å². The number of nitrogens with two attached hydrogens (primary N) is 1. The first-order valence-electron chi connectivity index (χ1n) is 6.19. The van der Waals surface area contributed by atoms with Crippen LogP contribution in [0.3, 0.4) is 0 Å². The summed E-state index contributed by atoms with van der Waals surface area (Å²) in [6, 6.07) is -1.13. The molecule has 1 rings (SSSR count). The molecule has 0 spiro atoms. The maximum Gasteiger partial charge on any atom is 0.408 e. The van der Waals surface area contributed by atoms with E-state index in [1.54, 1.807) is 20.8 Å². The standard InChI is InChI=1S/C12H19F3N4O/c1-6(16)11(20)17-7(2)10-8(3)18-19(9(10)4)5-12(13,14)15/h6-7H,5,16H2,1-4H3,(H,17,20). The van der Waals surface area contributed by atoms with Gasteiger partial charge in [-0.25, -0.2) is 0 Å². The second-order valence-corrected chi connectivity index (χ2v) is 4.88. The summed E-state index contributed by atoms with van der Waals surface area (Å²) in [5.41, 5.74) is 6.88. The smallest absolute Gasteiger partial charge is 0.348 e. The number of nitrogens with zero attached hydrogens (tertiary/aromatic N) is 2. The third-order valence-corrected chi connectivity index (χ3v) is 2.97. The fourth-order valence-electron chi connectivity index (χ4n) is 2.08. The Bertz CT molecular complexity index is 494. The van der Waals surface area contributed by atoms with E-state index in [0.717, 1.165) is 4.68 Å². The first-order chi connectivity index (χ1) is 9.03. The number of halogens is 3. The van der Waals surface area contributed by atoms with Crippen molar-refractivity contribution in [3.05, 3.63) is 17.0 Å². The normalized spacial score (nSPS) is 15.0. The molecule has 0 fully saturated rings. The van der Waals surface area contributed by atoms with E-state index < -0.39 is 24.8 Å². The van der Waals surface area contributed by atoms with Crippen LogP contribution in [0.5, 0.6) is 0 Å². The van der Waals surface area contributed by atoms with Gasteiger partial charge in [-0.2, -0.15) is 18.3 Å². The Labute approximate surface area is 115 Å². The molecular weight excluding hydrogens is 273 g/mol. The third kappa shape index (κ3) is 3.96. The molecule has 0 aliphatic heterocycles. The molecule has 1 heterocycles. The fourth-order valence-corrected chi connectivity index (χ4v) is 2.08. The lowest BCUT2D eigenvalue weighted by molar-refractivity contribution is -0.143. The lowest BCUT2D eigenvalue weighted by Gasteiger charge is -2.16. The summed E-state index contributed by atoms with van der Waals surface area (Å²) < 4.78 is 38.2. The predicted octanol–water partition coefficient (Wildman–Crippen LogP) is 1.59. The summed E-state index contributed by atoms with van der Waals surface area (Å²) in [5, 5.41) is 6.54. The summed E-state index contributed by atoms with van der Waals surface area (Å²) in [6.45, 7) is 5.25. The predicted molar refractivity (Wildman–Crippen MR) is 68.0 cm³/mol. The quantitative estimate of drug-likeness (QED) is 0.885. The largest absolute Gasteiger partial charge is 0.408 e. The Balaban J connectivity index is 2.99. The molecule has 2 unspecified atom stereocenters. The number of aromatic nitrogens is 2. The zero-order valence-corrected chi connectivity index (χ0v) is 11.9. The minimum absolute atomic E-state index is 0.361. The number of carbonyl (C=O) groups excluding carboxylic acids is 1. The zero-order chi connectivity index (χ0) is 15.7. The Kier molecular flexibility index (Phi) is 4.80. The molecule has 3 N–H and O–H groups in total. The SMILES string of the molecule is Cc1nn(CC(F)(F)F)c(C)c1C(C)NC(=O)C(C)N. The molecule has 8 heteroatoms. The third-order valence-electron chi connectivity index (χ3n) is 2.97. The number of hydrogen-bond acceptors (Lipinski definition) is 3. The van der Waals surface area contributed by atoms with Crippen LogP contribution in [0.2, 0.25) is 0 Å². The van der Waals surface area contributed by atoms with Crippen molar-refractivity contribution in [1.82, 2.24) is 15.1 Å². The van der Waals surface area contributed by atoms with Gasteiger partial charge in [-0.3, -0.25) is 9.48 Å². The van der Waals surface area contributed by atoms with Crippen molar-refractivity contribution < 1.29 is 18.0 Å². The van der Waals surface area contributed by atoms with Gasteiger partial charge in [-0.05, 0) is 27.7 Å². The van der Waals surface area contributed by atoms with Crippen molar-refractivity contribution in [2.24, 2.45) is 5.73 Å². The average Bonchev–Trinajstić information content (AvgIpc) is 2.51. The lowest BCUT2D eigenvalue weighted by atomic mass is 10.1. The van der Waals surface area contributed by atoms with E-state index in [1.165, 1.54) is 6.92 Å². The van der Waals surface area contributed by atoms with Crippen LogP contribution in [0, 0.1) is 13.8 Å². The highest BCUT2D eigenvalue weighted by atomic mass is 19.4. The van der Waals surface area contributed by atoms with Crippen LogP contribution in [-0.4, -0.2) is 27.9 Å².